The van der Waals surface area contributed by atoms with Crippen molar-refractivity contribution in [2.24, 2.45) is 7.05 Å². The van der Waals surface area contributed by atoms with Crippen molar-refractivity contribution in [2.45, 2.75) is 26.3 Å². The molecule has 0 saturated heterocycles. The standard InChI is InChI=1S/C10H18N4O3/c1-8(2)13(5-4-6-15)10-9(14(16)17)11-7-12(10)3/h7-8,15H,4-6H2,1-3H3. The summed E-state index contributed by atoms with van der Waals surface area (Å²) in [5.74, 6) is 0.345. The first kappa shape index (κ1) is 13.4. The average Bonchev–Trinajstić information content (AvgIpc) is 2.61. The van der Waals surface area contributed by atoms with Gasteiger partial charge < -0.3 is 20.1 Å². The second-order valence-corrected chi connectivity index (χ2v) is 4.12. The highest BCUT2D eigenvalue weighted by molar-refractivity contribution is 5.55. The van der Waals surface area contributed by atoms with Crippen LogP contribution in [0.5, 0.6) is 0 Å². The van der Waals surface area contributed by atoms with Gasteiger partial charge in [0.05, 0.1) is 0 Å². The van der Waals surface area contributed by atoms with Gasteiger partial charge in [-0.15, -0.1) is 0 Å². The lowest BCUT2D eigenvalue weighted by Gasteiger charge is -2.27. The summed E-state index contributed by atoms with van der Waals surface area (Å²) in [7, 11) is 1.73. The monoisotopic (exact) mass is 242 g/mol. The molecule has 0 radical (unpaired) electrons. The van der Waals surface area contributed by atoms with Crippen LogP contribution in [0, 0.1) is 10.1 Å². The van der Waals surface area contributed by atoms with Crippen molar-refractivity contribution in [3.05, 3.63) is 16.4 Å². The van der Waals surface area contributed by atoms with Crippen LogP contribution in [0.3, 0.4) is 0 Å². The Morgan fingerprint density at radius 1 is 1.65 bits per heavy atom. The van der Waals surface area contributed by atoms with Gasteiger partial charge in [0.1, 0.15) is 0 Å². The van der Waals surface area contributed by atoms with Crippen LogP contribution >= 0.6 is 0 Å². The molecular weight excluding hydrogens is 224 g/mol. The molecule has 1 aromatic heterocycles. The number of nitro groups is 1. The Balaban J connectivity index is 3.08. The Morgan fingerprint density at radius 2 is 2.29 bits per heavy atom. The van der Waals surface area contributed by atoms with Crippen LogP contribution in [0.4, 0.5) is 11.6 Å². The molecule has 0 unspecified atom stereocenters. The van der Waals surface area contributed by atoms with Gasteiger partial charge in [-0.05, 0) is 30.2 Å². The second-order valence-electron chi connectivity index (χ2n) is 4.12. The van der Waals surface area contributed by atoms with Crippen LogP contribution in [0.15, 0.2) is 6.33 Å². The molecule has 0 atom stereocenters. The van der Waals surface area contributed by atoms with E-state index < -0.39 is 4.92 Å². The van der Waals surface area contributed by atoms with E-state index in [1.54, 1.807) is 11.6 Å². The molecule has 96 valence electrons. The minimum absolute atomic E-state index is 0.0644. The zero-order valence-corrected chi connectivity index (χ0v) is 10.3. The SMILES string of the molecule is CC(C)N(CCCO)c1c([N+](=O)[O-])ncn1C. The van der Waals surface area contributed by atoms with Gasteiger partial charge >= 0.3 is 5.82 Å². The summed E-state index contributed by atoms with van der Waals surface area (Å²) in [6.07, 6.45) is 2.00. The molecule has 1 N–H and O–H groups in total. The number of hydrogen-bond donors (Lipinski definition) is 1. The number of aromatic nitrogens is 2. The lowest BCUT2D eigenvalue weighted by molar-refractivity contribution is -0.388. The minimum atomic E-state index is -0.482. The predicted molar refractivity (Wildman–Crippen MR) is 64.0 cm³/mol. The van der Waals surface area contributed by atoms with E-state index in [0.717, 1.165) is 0 Å². The number of hydrogen-bond acceptors (Lipinski definition) is 5. The largest absolute Gasteiger partial charge is 0.406 e. The Labute approximate surface area is 99.8 Å². The molecule has 1 aromatic rings. The first-order valence-electron chi connectivity index (χ1n) is 5.52. The normalized spacial score (nSPS) is 10.9. The van der Waals surface area contributed by atoms with Gasteiger partial charge in [-0.25, -0.2) is 0 Å². The third kappa shape index (κ3) is 2.94. The van der Waals surface area contributed by atoms with E-state index in [4.69, 9.17) is 5.11 Å². The molecule has 1 heterocycles. The predicted octanol–water partition coefficient (Wildman–Crippen LogP) is 0.925. The van der Waals surface area contributed by atoms with E-state index in [1.165, 1.54) is 6.33 Å². The molecule has 0 bridgehead atoms. The highest BCUT2D eigenvalue weighted by Crippen LogP contribution is 2.27. The van der Waals surface area contributed by atoms with E-state index in [-0.39, 0.29) is 18.5 Å². The highest BCUT2D eigenvalue weighted by Gasteiger charge is 2.26. The van der Waals surface area contributed by atoms with Gasteiger partial charge in [-0.2, -0.15) is 0 Å². The molecule has 7 nitrogen and oxygen atoms in total. The van der Waals surface area contributed by atoms with E-state index in [9.17, 15) is 10.1 Å². The lowest BCUT2D eigenvalue weighted by atomic mass is 10.3. The fraction of sp³-hybridized carbons (Fsp3) is 0.700. The van der Waals surface area contributed by atoms with Gasteiger partial charge in [0.25, 0.3) is 0 Å². The molecule has 0 spiro atoms. The first-order valence-corrected chi connectivity index (χ1v) is 5.52. The topological polar surface area (TPSA) is 84.4 Å². The molecule has 0 saturated carbocycles. The van der Waals surface area contributed by atoms with Crippen LogP contribution in [0.25, 0.3) is 0 Å². The number of aryl methyl sites for hydroxylation is 1. The number of aliphatic hydroxyl groups is 1. The molecule has 0 fully saturated rings. The average molecular weight is 242 g/mol. The summed E-state index contributed by atoms with van der Waals surface area (Å²) in [6.45, 7) is 4.53. The molecule has 0 aliphatic rings. The van der Waals surface area contributed by atoms with E-state index >= 15 is 0 Å². The van der Waals surface area contributed by atoms with Gasteiger partial charge in [-0.1, -0.05) is 0 Å². The third-order valence-corrected chi connectivity index (χ3v) is 2.51. The molecule has 0 aromatic carbocycles. The summed E-state index contributed by atoms with van der Waals surface area (Å²) in [6, 6.07) is 0.107. The number of imidazole rings is 1. The number of nitrogens with zero attached hydrogens (tertiary/aromatic N) is 4. The third-order valence-electron chi connectivity index (χ3n) is 2.51. The summed E-state index contributed by atoms with van der Waals surface area (Å²) in [4.78, 5) is 16.1. The van der Waals surface area contributed by atoms with Crippen LogP contribution in [-0.2, 0) is 7.05 Å². The lowest BCUT2D eigenvalue weighted by Crippen LogP contribution is -2.34. The minimum Gasteiger partial charge on any atom is -0.396 e. The summed E-state index contributed by atoms with van der Waals surface area (Å²) in [5, 5.41) is 19.7. The van der Waals surface area contributed by atoms with Crippen molar-refractivity contribution < 1.29 is 10.0 Å². The van der Waals surface area contributed by atoms with Crippen molar-refractivity contribution in [1.29, 1.82) is 0 Å². The Hall–Kier alpha value is -1.63. The Bertz CT molecular complexity index is 389. The molecule has 0 aliphatic carbocycles. The van der Waals surface area contributed by atoms with Crippen LogP contribution in [0.1, 0.15) is 20.3 Å². The van der Waals surface area contributed by atoms with Crippen LogP contribution in [0.2, 0.25) is 0 Å². The van der Waals surface area contributed by atoms with Crippen LogP contribution < -0.4 is 4.90 Å². The maximum absolute atomic E-state index is 10.9. The van der Waals surface area contributed by atoms with Gasteiger partial charge in [-0.3, -0.25) is 4.57 Å². The number of anilines is 1. The molecular formula is C10H18N4O3. The van der Waals surface area contributed by atoms with E-state index in [1.807, 2.05) is 18.7 Å². The number of aliphatic hydroxyl groups excluding tert-OH is 1. The summed E-state index contributed by atoms with van der Waals surface area (Å²) >= 11 is 0. The van der Waals surface area contributed by atoms with Crippen molar-refractivity contribution in [3.8, 4) is 0 Å². The summed E-state index contributed by atoms with van der Waals surface area (Å²) < 4.78 is 1.63. The fourth-order valence-electron chi connectivity index (χ4n) is 1.72. The van der Waals surface area contributed by atoms with Gasteiger partial charge in [0.2, 0.25) is 12.1 Å². The molecule has 0 aliphatic heterocycles. The van der Waals surface area contributed by atoms with Crippen LogP contribution in [-0.4, -0.2) is 38.8 Å². The summed E-state index contributed by atoms with van der Waals surface area (Å²) in [5.41, 5.74) is 0. The molecule has 0 amide bonds. The zero-order chi connectivity index (χ0) is 13.0. The maximum atomic E-state index is 10.9. The molecule has 1 rings (SSSR count). The van der Waals surface area contributed by atoms with Gasteiger partial charge in [0, 0.05) is 26.2 Å². The molecule has 7 heteroatoms. The Kier molecular flexibility index (Phi) is 4.45. The highest BCUT2D eigenvalue weighted by atomic mass is 16.6. The Morgan fingerprint density at radius 3 is 2.76 bits per heavy atom. The smallest absolute Gasteiger partial charge is 0.396 e. The second kappa shape index (κ2) is 5.62. The number of rotatable bonds is 6. The van der Waals surface area contributed by atoms with E-state index in [2.05, 4.69) is 4.98 Å². The quantitative estimate of drug-likeness (QED) is 0.592. The maximum Gasteiger partial charge on any atom is 0.406 e. The van der Waals surface area contributed by atoms with E-state index in [0.29, 0.717) is 18.8 Å². The fourth-order valence-corrected chi connectivity index (χ4v) is 1.72. The van der Waals surface area contributed by atoms with Crippen molar-refractivity contribution in [1.82, 2.24) is 9.55 Å². The first-order chi connectivity index (χ1) is 7.99. The van der Waals surface area contributed by atoms with Crippen molar-refractivity contribution in [3.63, 3.8) is 0 Å². The molecule has 17 heavy (non-hydrogen) atoms. The van der Waals surface area contributed by atoms with Gasteiger partial charge in [0.15, 0.2) is 0 Å². The zero-order valence-electron chi connectivity index (χ0n) is 10.3. The van der Waals surface area contributed by atoms with Crippen molar-refractivity contribution in [2.75, 3.05) is 18.1 Å². The van der Waals surface area contributed by atoms with Crippen molar-refractivity contribution >= 4 is 11.6 Å².